The van der Waals surface area contributed by atoms with E-state index in [1.165, 1.54) is 28.4 Å². The Kier molecular flexibility index (Phi) is 21.9. The van der Waals surface area contributed by atoms with Crippen LogP contribution >= 0.6 is 43.3 Å². The van der Waals surface area contributed by atoms with Crippen LogP contribution in [-0.4, -0.2) is 188 Å². The average molecular weight is 925 g/mol. The van der Waals surface area contributed by atoms with Crippen LogP contribution in [0.25, 0.3) is 0 Å². The number of thioether (sulfide) groups is 2. The summed E-state index contributed by atoms with van der Waals surface area (Å²) < 4.78 is 46.4. The van der Waals surface area contributed by atoms with E-state index in [4.69, 9.17) is 50.4 Å². The fraction of sp³-hybridized carbons (Fsp3) is 0.694. The lowest BCUT2D eigenvalue weighted by atomic mass is 9.97. The van der Waals surface area contributed by atoms with Crippen LogP contribution in [0, 0.1) is 0 Å². The first kappa shape index (κ1) is 50.2. The highest BCUT2D eigenvalue weighted by molar-refractivity contribution is 8.04. The van der Waals surface area contributed by atoms with E-state index in [9.17, 15) is 29.5 Å². The highest BCUT2D eigenvalue weighted by atomic mass is 32.2. The van der Waals surface area contributed by atoms with Crippen LogP contribution in [0.5, 0.6) is 5.75 Å². The number of unbranched alkanes of at least 4 members (excludes halogenated alkanes) is 1. The minimum absolute atomic E-state index is 0.146. The molecule has 0 bridgehead atoms. The number of carbonyl (C=O) groups is 2. The van der Waals surface area contributed by atoms with Gasteiger partial charge in [0.25, 0.3) is 0 Å². The van der Waals surface area contributed by atoms with E-state index in [0.29, 0.717) is 70.1 Å². The fourth-order valence-electron chi connectivity index (χ4n) is 6.09. The Labute approximate surface area is 362 Å². The zero-order chi connectivity index (χ0) is 43.5. The molecule has 3 heterocycles. The first-order chi connectivity index (χ1) is 28.8. The second-order valence-electron chi connectivity index (χ2n) is 13.7. The van der Waals surface area contributed by atoms with E-state index in [2.05, 4.69) is 20.9 Å². The molecule has 1 aromatic carbocycles. The summed E-state index contributed by atoms with van der Waals surface area (Å²) in [7, 11) is -4.36. The summed E-state index contributed by atoms with van der Waals surface area (Å²) in [5.74, 6) is -0.00463. The second-order valence-corrected chi connectivity index (χ2v) is 17.9. The van der Waals surface area contributed by atoms with Gasteiger partial charge in [0.15, 0.2) is 5.11 Å². The maximum Gasteiger partial charge on any atom is 0.325 e. The molecule has 7 N–H and O–H groups in total. The standard InChI is InChI=1S/C36H57N6O14PS3/c1-59-31-32(60-2)34(47)42(33(31)46)13-15-52-17-19-54-21-20-53-18-16-51-14-12-41-23-25(39-40-41)5-3-4-11-37-36(58)38-24-6-8-26(9-7-24)55-35-30(45)29(44)28(43)27(56-35)10-22-57(48,49)50/h6-9,23,27-32,35,43-45H,3-5,10-22H2,1-2H3,(H2,37,38,58)(H2,48,49,50)/t27-,28-,29+,30+,31?,32?,35+/m1/s1. The van der Waals surface area contributed by atoms with Crippen LogP contribution in [0.2, 0.25) is 0 Å². The van der Waals surface area contributed by atoms with Crippen LogP contribution in [0.3, 0.4) is 0 Å². The van der Waals surface area contributed by atoms with Gasteiger partial charge in [0, 0.05) is 18.4 Å². The Balaban J connectivity index is 0.959. The highest BCUT2D eigenvalue weighted by Gasteiger charge is 2.47. The number of thiocarbonyl (C=S) groups is 1. The third kappa shape index (κ3) is 16.7. The van der Waals surface area contributed by atoms with Crippen molar-refractivity contribution in [3.8, 4) is 5.75 Å². The third-order valence-electron chi connectivity index (χ3n) is 9.31. The largest absolute Gasteiger partial charge is 0.462 e. The molecule has 338 valence electrons. The van der Waals surface area contributed by atoms with Gasteiger partial charge in [-0.2, -0.15) is 23.5 Å². The molecule has 2 unspecified atom stereocenters. The molecule has 0 spiro atoms. The summed E-state index contributed by atoms with van der Waals surface area (Å²) in [5, 5.41) is 45.1. The van der Waals surface area contributed by atoms with Gasteiger partial charge in [0.1, 0.15) is 34.6 Å². The number of imide groups is 1. The van der Waals surface area contributed by atoms with E-state index >= 15 is 0 Å². The van der Waals surface area contributed by atoms with Crippen LogP contribution < -0.4 is 15.4 Å². The maximum atomic E-state index is 12.4. The Morgan fingerprint density at radius 1 is 0.850 bits per heavy atom. The number of rotatable bonds is 28. The number of ether oxygens (including phenoxy) is 6. The molecule has 7 atom stereocenters. The molecule has 2 fully saturated rings. The Bertz CT molecular complexity index is 1640. The molecule has 20 nitrogen and oxygen atoms in total. The summed E-state index contributed by atoms with van der Waals surface area (Å²) in [4.78, 5) is 44.5. The number of aliphatic hydroxyl groups excluding tert-OH is 3. The first-order valence-corrected chi connectivity index (χ1v) is 24.3. The molecule has 24 heteroatoms. The topological polar surface area (TPSA) is 266 Å². The first-order valence-electron chi connectivity index (χ1n) is 19.5. The number of benzene rings is 1. The van der Waals surface area contributed by atoms with Crippen LogP contribution in [0.1, 0.15) is 25.0 Å². The number of hydrogen-bond acceptors (Lipinski definition) is 17. The van der Waals surface area contributed by atoms with Crippen molar-refractivity contribution in [3.05, 3.63) is 36.2 Å². The molecular weight excluding hydrogens is 868 g/mol. The normalized spacial score (nSPS) is 23.3. The van der Waals surface area contributed by atoms with E-state index in [1.54, 1.807) is 28.9 Å². The van der Waals surface area contributed by atoms with Crippen LogP contribution in [0.4, 0.5) is 5.69 Å². The molecule has 2 saturated heterocycles. The highest BCUT2D eigenvalue weighted by Crippen LogP contribution is 2.37. The SMILES string of the molecule is CSC1C(=O)N(CCOCCOCCOCCOCCn2cc(CCCCNC(=S)Nc3ccc(O[C@H]4O[C@H](CCP(=O)(O)O)[C@@H](O)[C@H](O)[C@@H]4O)cc3)nn2)C(=O)C1SC. The van der Waals surface area contributed by atoms with E-state index in [-0.39, 0.29) is 47.6 Å². The quantitative estimate of drug-likeness (QED) is 0.0261. The lowest BCUT2D eigenvalue weighted by Gasteiger charge is -2.40. The number of carbonyl (C=O) groups excluding carboxylic acids is 2. The number of amides is 2. The molecule has 0 aliphatic carbocycles. The number of anilines is 1. The van der Waals surface area contributed by atoms with Crippen molar-refractivity contribution < 1.29 is 67.7 Å². The minimum Gasteiger partial charge on any atom is -0.462 e. The van der Waals surface area contributed by atoms with Crippen molar-refractivity contribution in [2.24, 2.45) is 0 Å². The molecule has 4 rings (SSSR count). The van der Waals surface area contributed by atoms with Gasteiger partial charge in [-0.15, -0.1) is 5.10 Å². The van der Waals surface area contributed by atoms with Gasteiger partial charge in [0.2, 0.25) is 18.1 Å². The minimum atomic E-state index is -4.36. The van der Waals surface area contributed by atoms with Crippen LogP contribution in [0.15, 0.2) is 30.5 Å². The molecule has 2 aliphatic rings. The predicted molar refractivity (Wildman–Crippen MR) is 227 cm³/mol. The molecule has 60 heavy (non-hydrogen) atoms. The zero-order valence-electron chi connectivity index (χ0n) is 33.6. The number of nitrogens with one attached hydrogen (secondary N) is 2. The lowest BCUT2D eigenvalue weighted by Crippen LogP contribution is -2.59. The van der Waals surface area contributed by atoms with Gasteiger partial charge in [-0.3, -0.25) is 19.1 Å². The van der Waals surface area contributed by atoms with E-state index in [0.717, 1.165) is 25.0 Å². The van der Waals surface area contributed by atoms with Gasteiger partial charge in [-0.05, 0) is 74.7 Å². The van der Waals surface area contributed by atoms with Crippen molar-refractivity contribution >= 4 is 66.0 Å². The molecule has 2 amide bonds. The Morgan fingerprint density at radius 3 is 2.02 bits per heavy atom. The predicted octanol–water partition coefficient (Wildman–Crippen LogP) is 0.240. The average Bonchev–Trinajstić information content (AvgIpc) is 3.77. The molecule has 1 aromatic heterocycles. The second kappa shape index (κ2) is 26.2. The number of likely N-dealkylation sites (tertiary alicyclic amines) is 1. The molecule has 0 radical (unpaired) electrons. The van der Waals surface area contributed by atoms with Gasteiger partial charge in [0.05, 0.1) is 83.9 Å². The van der Waals surface area contributed by atoms with Gasteiger partial charge in [-0.1, -0.05) is 5.21 Å². The number of aromatic nitrogens is 3. The van der Waals surface area contributed by atoms with Crippen molar-refractivity contribution in [3.63, 3.8) is 0 Å². The Morgan fingerprint density at radius 2 is 1.43 bits per heavy atom. The molecule has 0 saturated carbocycles. The summed E-state index contributed by atoms with van der Waals surface area (Å²) >= 11 is 8.21. The van der Waals surface area contributed by atoms with Gasteiger partial charge in [-0.25, -0.2) is 4.68 Å². The summed E-state index contributed by atoms with van der Waals surface area (Å²) in [6.07, 6.45) is -0.0302. The number of aliphatic hydroxyl groups is 3. The van der Waals surface area contributed by atoms with Gasteiger partial charge < -0.3 is 64.2 Å². The van der Waals surface area contributed by atoms with Crippen molar-refractivity contribution in [1.29, 1.82) is 0 Å². The monoisotopic (exact) mass is 924 g/mol. The van der Waals surface area contributed by atoms with Crippen LogP contribution in [-0.2, 0) is 50.8 Å². The molecule has 2 aromatic rings. The number of nitrogens with zero attached hydrogens (tertiary/aromatic N) is 4. The molecular formula is C36H57N6O14PS3. The smallest absolute Gasteiger partial charge is 0.325 e. The summed E-state index contributed by atoms with van der Waals surface area (Å²) in [5.41, 5.74) is 1.54. The van der Waals surface area contributed by atoms with Crippen molar-refractivity contribution in [1.82, 2.24) is 25.2 Å². The fourth-order valence-corrected chi connectivity index (χ4v) is 8.95. The van der Waals surface area contributed by atoms with E-state index in [1.807, 2.05) is 18.7 Å². The Hall–Kier alpha value is -2.48. The van der Waals surface area contributed by atoms with Gasteiger partial charge >= 0.3 is 7.60 Å². The lowest BCUT2D eigenvalue weighted by molar-refractivity contribution is -0.272. The summed E-state index contributed by atoms with van der Waals surface area (Å²) in [6.45, 7) is 4.62. The van der Waals surface area contributed by atoms with Crippen molar-refractivity contribution in [2.75, 3.05) is 89.9 Å². The molecule has 2 aliphatic heterocycles. The van der Waals surface area contributed by atoms with E-state index < -0.39 is 44.5 Å². The van der Waals surface area contributed by atoms with Crippen molar-refractivity contribution in [2.45, 2.75) is 73.4 Å². The maximum absolute atomic E-state index is 12.4. The third-order valence-corrected chi connectivity index (χ3v) is 12.5. The summed E-state index contributed by atoms with van der Waals surface area (Å²) in [6, 6.07) is 6.55. The number of hydrogen-bond donors (Lipinski definition) is 7. The number of aryl methyl sites for hydroxylation is 1. The zero-order valence-corrected chi connectivity index (χ0v) is 37.0.